The van der Waals surface area contributed by atoms with Crippen LogP contribution < -0.4 is 4.84 Å². The molecule has 0 radical (unpaired) electrons. The highest BCUT2D eigenvalue weighted by atomic mass is 16.7. The molecule has 1 aliphatic rings. The van der Waals surface area contributed by atoms with E-state index in [2.05, 4.69) is 10.3 Å². The summed E-state index contributed by atoms with van der Waals surface area (Å²) in [5, 5.41) is 17.4. The molecule has 8 nitrogen and oxygen atoms in total. The van der Waals surface area contributed by atoms with E-state index < -0.39 is 11.8 Å². The number of carbonyl (C=O) groups is 2. The second-order valence-electron chi connectivity index (χ2n) is 4.64. The van der Waals surface area contributed by atoms with E-state index in [1.54, 1.807) is 36.4 Å². The molecule has 0 fully saturated rings. The lowest BCUT2D eigenvalue weighted by Gasteiger charge is -2.14. The van der Waals surface area contributed by atoms with Crippen molar-refractivity contribution < 1.29 is 19.6 Å². The van der Waals surface area contributed by atoms with Gasteiger partial charge in [-0.15, -0.1) is 5.10 Å². The molecule has 2 aromatic carbocycles. The highest BCUT2D eigenvalue weighted by molar-refractivity contribution is 6.20. The molecule has 2 heterocycles. The monoisotopic (exact) mass is 296 g/mol. The number of imide groups is 1. The third-order valence-electron chi connectivity index (χ3n) is 3.37. The summed E-state index contributed by atoms with van der Waals surface area (Å²) >= 11 is 0. The number of nitrogens with zero attached hydrogens (tertiary/aromatic N) is 4. The lowest BCUT2D eigenvalue weighted by molar-refractivity contribution is -0.0133. The van der Waals surface area contributed by atoms with Gasteiger partial charge in [0.1, 0.15) is 5.52 Å². The van der Waals surface area contributed by atoms with Crippen LogP contribution in [-0.2, 0) is 0 Å². The lowest BCUT2D eigenvalue weighted by atomic mass is 10.1. The van der Waals surface area contributed by atoms with E-state index in [1.165, 1.54) is 6.07 Å². The Bertz CT molecular complexity index is 898. The van der Waals surface area contributed by atoms with E-state index in [1.807, 2.05) is 0 Å². The van der Waals surface area contributed by atoms with Gasteiger partial charge in [-0.25, -0.2) is 0 Å². The number of amides is 2. The average Bonchev–Trinajstić information content (AvgIpc) is 3.03. The third kappa shape index (κ3) is 1.57. The van der Waals surface area contributed by atoms with Gasteiger partial charge in [0.25, 0.3) is 11.8 Å². The first-order valence-corrected chi connectivity index (χ1v) is 6.36. The van der Waals surface area contributed by atoms with Gasteiger partial charge in [0.15, 0.2) is 11.3 Å². The fourth-order valence-electron chi connectivity index (χ4n) is 2.33. The zero-order chi connectivity index (χ0) is 15.3. The maximum Gasteiger partial charge on any atom is 0.295 e. The standard InChI is InChI=1S/C14H8N4O4/c19-13-8-4-1-2-5-9(8)14(20)17(13)22-11-7-3-6-10-12(11)15-16-18(10)21/h1-7,21H. The lowest BCUT2D eigenvalue weighted by Crippen LogP contribution is -2.33. The zero-order valence-corrected chi connectivity index (χ0v) is 11.0. The topological polar surface area (TPSA) is 97.5 Å². The highest BCUT2D eigenvalue weighted by Crippen LogP contribution is 2.28. The molecule has 1 N–H and O–H groups in total. The first-order chi connectivity index (χ1) is 10.7. The van der Waals surface area contributed by atoms with Gasteiger partial charge in [0.05, 0.1) is 11.1 Å². The number of fused-ring (bicyclic) bond motifs is 2. The molecular formula is C14H8N4O4. The Balaban J connectivity index is 1.75. The van der Waals surface area contributed by atoms with Crippen LogP contribution in [0.5, 0.6) is 5.75 Å². The molecule has 0 saturated carbocycles. The van der Waals surface area contributed by atoms with Gasteiger partial charge in [0.2, 0.25) is 0 Å². The molecule has 1 aromatic heterocycles. The molecule has 108 valence electrons. The average molecular weight is 296 g/mol. The number of benzene rings is 2. The minimum absolute atomic E-state index is 0.146. The predicted molar refractivity (Wildman–Crippen MR) is 72.3 cm³/mol. The highest BCUT2D eigenvalue weighted by Gasteiger charge is 2.37. The smallest absolute Gasteiger partial charge is 0.295 e. The summed E-state index contributed by atoms with van der Waals surface area (Å²) in [5.74, 6) is -0.949. The van der Waals surface area contributed by atoms with Crippen LogP contribution in [0.2, 0.25) is 0 Å². The van der Waals surface area contributed by atoms with E-state index >= 15 is 0 Å². The predicted octanol–water partition coefficient (Wildman–Crippen LogP) is 1.26. The van der Waals surface area contributed by atoms with Crippen molar-refractivity contribution in [3.63, 3.8) is 0 Å². The summed E-state index contributed by atoms with van der Waals surface area (Å²) in [6.07, 6.45) is 0. The summed E-state index contributed by atoms with van der Waals surface area (Å²) in [5.41, 5.74) is 1.10. The van der Waals surface area contributed by atoms with Crippen LogP contribution in [0, 0.1) is 0 Å². The second-order valence-corrected chi connectivity index (χ2v) is 4.64. The van der Waals surface area contributed by atoms with Crippen LogP contribution in [0.3, 0.4) is 0 Å². The van der Waals surface area contributed by atoms with Crippen molar-refractivity contribution in [2.45, 2.75) is 0 Å². The van der Waals surface area contributed by atoms with Crippen LogP contribution in [0.1, 0.15) is 20.7 Å². The van der Waals surface area contributed by atoms with E-state index in [-0.39, 0.29) is 22.4 Å². The summed E-state index contributed by atoms with van der Waals surface area (Å²) < 4.78 is 0. The number of hydroxylamine groups is 2. The molecule has 8 heteroatoms. The molecule has 0 atom stereocenters. The number of aromatic nitrogens is 3. The SMILES string of the molecule is O=C1c2ccccc2C(=O)N1Oc1cccc2c1nnn2O. The Morgan fingerprint density at radius 2 is 1.64 bits per heavy atom. The van der Waals surface area contributed by atoms with Crippen molar-refractivity contribution >= 4 is 22.8 Å². The van der Waals surface area contributed by atoms with Crippen LogP contribution in [0.15, 0.2) is 42.5 Å². The van der Waals surface area contributed by atoms with Crippen molar-refractivity contribution in [3.8, 4) is 5.75 Å². The van der Waals surface area contributed by atoms with Gasteiger partial charge < -0.3 is 10.0 Å². The van der Waals surface area contributed by atoms with Crippen molar-refractivity contribution in [1.29, 1.82) is 0 Å². The van der Waals surface area contributed by atoms with E-state index in [0.717, 1.165) is 0 Å². The Kier molecular flexibility index (Phi) is 2.40. The molecular weight excluding hydrogens is 288 g/mol. The molecule has 0 saturated heterocycles. The normalized spacial score (nSPS) is 13.7. The van der Waals surface area contributed by atoms with E-state index in [0.29, 0.717) is 15.4 Å². The van der Waals surface area contributed by atoms with Crippen molar-refractivity contribution in [2.75, 3.05) is 0 Å². The van der Waals surface area contributed by atoms with Gasteiger partial charge in [-0.1, -0.05) is 28.1 Å². The largest absolute Gasteiger partial charge is 0.410 e. The van der Waals surface area contributed by atoms with Crippen LogP contribution in [0.25, 0.3) is 11.0 Å². The van der Waals surface area contributed by atoms with Crippen molar-refractivity contribution in [1.82, 2.24) is 20.2 Å². The van der Waals surface area contributed by atoms with E-state index in [9.17, 15) is 14.8 Å². The number of rotatable bonds is 2. The van der Waals surface area contributed by atoms with E-state index in [4.69, 9.17) is 4.84 Å². The van der Waals surface area contributed by atoms with Crippen molar-refractivity contribution in [3.05, 3.63) is 53.6 Å². The van der Waals surface area contributed by atoms with Crippen LogP contribution in [-0.4, -0.2) is 37.2 Å². The third-order valence-corrected chi connectivity index (χ3v) is 3.37. The molecule has 22 heavy (non-hydrogen) atoms. The molecule has 0 aliphatic carbocycles. The van der Waals surface area contributed by atoms with Gasteiger partial charge in [-0.3, -0.25) is 9.59 Å². The molecule has 3 aromatic rings. The quantitative estimate of drug-likeness (QED) is 0.564. The maximum atomic E-state index is 12.2. The molecule has 0 spiro atoms. The van der Waals surface area contributed by atoms with Crippen LogP contribution >= 0.6 is 0 Å². The second kappa shape index (κ2) is 4.29. The molecule has 1 aliphatic heterocycles. The van der Waals surface area contributed by atoms with Gasteiger partial charge >= 0.3 is 0 Å². The minimum atomic E-state index is -0.547. The molecule has 2 amide bonds. The van der Waals surface area contributed by atoms with Crippen LogP contribution in [0.4, 0.5) is 0 Å². The van der Waals surface area contributed by atoms with Crippen molar-refractivity contribution in [2.24, 2.45) is 0 Å². The van der Waals surface area contributed by atoms with Gasteiger partial charge in [0, 0.05) is 0 Å². The fourth-order valence-corrected chi connectivity index (χ4v) is 2.33. The number of hydrogen-bond acceptors (Lipinski definition) is 6. The number of hydrogen-bond donors (Lipinski definition) is 1. The summed E-state index contributed by atoms with van der Waals surface area (Å²) in [6.45, 7) is 0. The minimum Gasteiger partial charge on any atom is -0.410 e. The fraction of sp³-hybridized carbons (Fsp3) is 0. The molecule has 0 bridgehead atoms. The number of carbonyl (C=O) groups excluding carboxylic acids is 2. The summed E-state index contributed by atoms with van der Waals surface area (Å²) in [4.78, 5) is 30.5. The maximum absolute atomic E-state index is 12.2. The first-order valence-electron chi connectivity index (χ1n) is 6.36. The Morgan fingerprint density at radius 1 is 0.955 bits per heavy atom. The van der Waals surface area contributed by atoms with Gasteiger partial charge in [-0.05, 0) is 29.5 Å². The Labute approximate surface area is 123 Å². The summed E-state index contributed by atoms with van der Waals surface area (Å²) in [7, 11) is 0. The Hall–Kier alpha value is -3.42. The first kappa shape index (κ1) is 12.3. The molecule has 4 rings (SSSR count). The summed E-state index contributed by atoms with van der Waals surface area (Å²) in [6, 6.07) is 11.2. The van der Waals surface area contributed by atoms with Gasteiger partial charge in [-0.2, -0.15) is 0 Å². The zero-order valence-electron chi connectivity index (χ0n) is 11.0. The molecule has 0 unspecified atom stereocenters. The Morgan fingerprint density at radius 3 is 2.32 bits per heavy atom.